The molecule has 2 fully saturated rings. The number of nitrogens with one attached hydrogen (secondary N) is 2. The van der Waals surface area contributed by atoms with Gasteiger partial charge in [0.05, 0.1) is 36.8 Å². The predicted molar refractivity (Wildman–Crippen MR) is 93.1 cm³/mol. The lowest BCUT2D eigenvalue weighted by molar-refractivity contribution is -0.906. The zero-order valence-electron chi connectivity index (χ0n) is 14.7. The Balaban J connectivity index is 1.65. The number of carbonyl (C=O) groups is 1. The van der Waals surface area contributed by atoms with E-state index in [9.17, 15) is 17.6 Å². The molecule has 144 valence electrons. The molecule has 1 aromatic rings. The maximum absolute atomic E-state index is 14.1. The van der Waals surface area contributed by atoms with Gasteiger partial charge in [-0.05, 0) is 31.0 Å². The van der Waals surface area contributed by atoms with Gasteiger partial charge < -0.3 is 15.0 Å². The van der Waals surface area contributed by atoms with Gasteiger partial charge in [0, 0.05) is 13.1 Å². The molecule has 1 amide bonds. The second-order valence-electron chi connectivity index (χ2n) is 6.62. The van der Waals surface area contributed by atoms with Gasteiger partial charge in [-0.1, -0.05) is 0 Å². The van der Waals surface area contributed by atoms with E-state index in [0.29, 0.717) is 32.8 Å². The van der Waals surface area contributed by atoms with Crippen molar-refractivity contribution in [2.45, 2.75) is 17.7 Å². The molecule has 0 saturated carbocycles. The van der Waals surface area contributed by atoms with Gasteiger partial charge in [0.2, 0.25) is 10.0 Å². The Kier molecular flexibility index (Phi) is 6.23. The summed E-state index contributed by atoms with van der Waals surface area (Å²) in [5.74, 6) is -1.31. The van der Waals surface area contributed by atoms with E-state index in [1.165, 1.54) is 15.3 Å². The van der Waals surface area contributed by atoms with E-state index in [1.54, 1.807) is 0 Å². The number of ether oxygens (including phenoxy) is 1. The summed E-state index contributed by atoms with van der Waals surface area (Å²) < 4.78 is 45.9. The zero-order chi connectivity index (χ0) is 18.6. The second-order valence-corrected chi connectivity index (χ2v) is 8.56. The summed E-state index contributed by atoms with van der Waals surface area (Å²) in [5, 5.41) is 2.69. The molecule has 0 spiro atoms. The second kappa shape index (κ2) is 8.43. The first-order chi connectivity index (χ1) is 12.5. The van der Waals surface area contributed by atoms with E-state index in [1.807, 2.05) is 0 Å². The number of sulfonamides is 1. The Morgan fingerprint density at radius 1 is 1.23 bits per heavy atom. The van der Waals surface area contributed by atoms with Crippen LogP contribution >= 0.6 is 0 Å². The third kappa shape index (κ3) is 4.40. The normalized spacial score (nSPS) is 19.6. The highest BCUT2D eigenvalue weighted by molar-refractivity contribution is 7.89. The lowest BCUT2D eigenvalue weighted by Gasteiger charge is -2.23. The van der Waals surface area contributed by atoms with Crippen LogP contribution in [0.15, 0.2) is 23.1 Å². The van der Waals surface area contributed by atoms with Crippen LogP contribution < -0.4 is 10.2 Å². The minimum atomic E-state index is -3.68. The maximum atomic E-state index is 14.1. The Hall–Kier alpha value is -1.55. The summed E-state index contributed by atoms with van der Waals surface area (Å²) in [6.45, 7) is 5.22. The summed E-state index contributed by atoms with van der Waals surface area (Å²) in [7, 11) is -3.68. The first kappa shape index (κ1) is 19.2. The third-order valence-corrected chi connectivity index (χ3v) is 6.74. The van der Waals surface area contributed by atoms with Crippen molar-refractivity contribution in [3.05, 3.63) is 29.6 Å². The number of hydrogen-bond acceptors (Lipinski definition) is 4. The fourth-order valence-electron chi connectivity index (χ4n) is 3.27. The molecule has 0 atom stereocenters. The molecule has 9 heteroatoms. The van der Waals surface area contributed by atoms with E-state index in [2.05, 4.69) is 5.32 Å². The van der Waals surface area contributed by atoms with Gasteiger partial charge in [-0.3, -0.25) is 4.79 Å². The largest absolute Gasteiger partial charge is 0.370 e. The van der Waals surface area contributed by atoms with Gasteiger partial charge in [0.25, 0.3) is 5.91 Å². The van der Waals surface area contributed by atoms with Gasteiger partial charge in [0.15, 0.2) is 0 Å². The van der Waals surface area contributed by atoms with E-state index >= 15 is 0 Å². The first-order valence-corrected chi connectivity index (χ1v) is 10.4. The number of amides is 1. The highest BCUT2D eigenvalue weighted by Crippen LogP contribution is 2.22. The van der Waals surface area contributed by atoms with Gasteiger partial charge in [-0.2, -0.15) is 4.31 Å². The number of benzene rings is 1. The molecule has 0 unspecified atom stereocenters. The van der Waals surface area contributed by atoms with Gasteiger partial charge in [-0.15, -0.1) is 0 Å². The molecule has 0 aliphatic carbocycles. The molecule has 0 aromatic heterocycles. The van der Waals surface area contributed by atoms with Crippen LogP contribution in [0, 0.1) is 5.82 Å². The van der Waals surface area contributed by atoms with Crippen LogP contribution in [-0.4, -0.2) is 71.1 Å². The average Bonchev–Trinajstić information content (AvgIpc) is 3.18. The highest BCUT2D eigenvalue weighted by atomic mass is 32.2. The third-order valence-electron chi connectivity index (χ3n) is 4.85. The van der Waals surface area contributed by atoms with Crippen molar-refractivity contribution in [1.82, 2.24) is 9.62 Å². The van der Waals surface area contributed by atoms with Crippen LogP contribution in [0.2, 0.25) is 0 Å². The Bertz CT molecular complexity index is 744. The van der Waals surface area contributed by atoms with Crippen molar-refractivity contribution in [2.24, 2.45) is 0 Å². The fourth-order valence-corrected chi connectivity index (χ4v) is 4.82. The van der Waals surface area contributed by atoms with Crippen molar-refractivity contribution in [3.63, 3.8) is 0 Å². The van der Waals surface area contributed by atoms with Crippen molar-refractivity contribution in [2.75, 3.05) is 52.5 Å². The highest BCUT2D eigenvalue weighted by Gasteiger charge is 2.28. The van der Waals surface area contributed by atoms with E-state index in [0.717, 1.165) is 44.6 Å². The van der Waals surface area contributed by atoms with Crippen molar-refractivity contribution < 1.29 is 27.2 Å². The summed E-state index contributed by atoms with van der Waals surface area (Å²) in [6.07, 6.45) is 1.63. The van der Waals surface area contributed by atoms with Crippen LogP contribution in [0.1, 0.15) is 23.2 Å². The number of nitrogens with zero attached hydrogens (tertiary/aromatic N) is 1. The molecule has 1 aromatic carbocycles. The minimum Gasteiger partial charge on any atom is -0.370 e. The molecular weight excluding hydrogens is 361 g/mol. The predicted octanol–water partition coefficient (Wildman–Crippen LogP) is -0.745. The molecule has 7 nitrogen and oxygen atoms in total. The number of rotatable bonds is 6. The monoisotopic (exact) mass is 386 g/mol. The van der Waals surface area contributed by atoms with Gasteiger partial charge in [-0.25, -0.2) is 12.8 Å². The van der Waals surface area contributed by atoms with E-state index in [4.69, 9.17) is 4.74 Å². The SMILES string of the molecule is O=C(NCC[NH+]1CCOCC1)c1cc(S(=O)(=O)N2CCCC2)ccc1F. The van der Waals surface area contributed by atoms with Gasteiger partial charge >= 0.3 is 0 Å². The fraction of sp³-hybridized carbons (Fsp3) is 0.588. The summed E-state index contributed by atoms with van der Waals surface area (Å²) in [6, 6.07) is 3.41. The maximum Gasteiger partial charge on any atom is 0.254 e. The molecule has 3 rings (SSSR count). The Morgan fingerprint density at radius 3 is 2.62 bits per heavy atom. The van der Waals surface area contributed by atoms with Gasteiger partial charge in [0.1, 0.15) is 18.9 Å². The van der Waals surface area contributed by atoms with Crippen molar-refractivity contribution in [3.8, 4) is 0 Å². The number of hydrogen-bond donors (Lipinski definition) is 2. The number of carbonyl (C=O) groups excluding carboxylic acids is 1. The molecule has 2 saturated heterocycles. The van der Waals surface area contributed by atoms with E-state index in [-0.39, 0.29) is 10.5 Å². The molecule has 2 aliphatic rings. The van der Waals surface area contributed by atoms with Crippen LogP contribution in [0.5, 0.6) is 0 Å². The van der Waals surface area contributed by atoms with Crippen LogP contribution in [0.4, 0.5) is 4.39 Å². The molecule has 2 heterocycles. The average molecular weight is 386 g/mol. The lowest BCUT2D eigenvalue weighted by Crippen LogP contribution is -3.14. The zero-order valence-corrected chi connectivity index (χ0v) is 15.5. The standard InChI is InChI=1S/C17H24FN3O4S/c18-16-4-3-14(26(23,24)21-6-1-2-7-21)13-15(16)17(22)19-5-8-20-9-11-25-12-10-20/h3-4,13H,1-2,5-12H2,(H,19,22)/p+1. The van der Waals surface area contributed by atoms with Crippen molar-refractivity contribution >= 4 is 15.9 Å². The molecule has 0 radical (unpaired) electrons. The number of halogens is 1. The lowest BCUT2D eigenvalue weighted by atomic mass is 10.2. The molecular formula is C17H25FN3O4S+. The van der Waals surface area contributed by atoms with Crippen LogP contribution in [0.25, 0.3) is 0 Å². The Labute approximate surface area is 153 Å². The smallest absolute Gasteiger partial charge is 0.254 e. The number of quaternary nitrogens is 1. The number of morpholine rings is 1. The molecule has 0 bridgehead atoms. The van der Waals surface area contributed by atoms with Crippen LogP contribution in [0.3, 0.4) is 0 Å². The molecule has 2 aliphatic heterocycles. The molecule has 26 heavy (non-hydrogen) atoms. The summed E-state index contributed by atoms with van der Waals surface area (Å²) in [5.41, 5.74) is -0.234. The van der Waals surface area contributed by atoms with E-state index < -0.39 is 21.7 Å². The topological polar surface area (TPSA) is 80.1 Å². The summed E-state index contributed by atoms with van der Waals surface area (Å²) in [4.78, 5) is 13.6. The molecule has 2 N–H and O–H groups in total. The Morgan fingerprint density at radius 2 is 1.92 bits per heavy atom. The van der Waals surface area contributed by atoms with Crippen LogP contribution in [-0.2, 0) is 14.8 Å². The minimum absolute atomic E-state index is 0.0373. The quantitative estimate of drug-likeness (QED) is 0.675. The van der Waals surface area contributed by atoms with Crippen molar-refractivity contribution in [1.29, 1.82) is 0 Å². The summed E-state index contributed by atoms with van der Waals surface area (Å²) >= 11 is 0. The first-order valence-electron chi connectivity index (χ1n) is 8.98.